The average Bonchev–Trinajstić information content (AvgIpc) is 2.99. The fourth-order valence-corrected chi connectivity index (χ4v) is 4.14. The Morgan fingerprint density at radius 1 is 1.27 bits per heavy atom. The van der Waals surface area contributed by atoms with Gasteiger partial charge in [0, 0.05) is 31.2 Å². The Balaban J connectivity index is 1.42. The second kappa shape index (κ2) is 7.34. The highest BCUT2D eigenvalue weighted by Gasteiger charge is 2.35. The number of carbonyl (C=O) groups is 2. The summed E-state index contributed by atoms with van der Waals surface area (Å²) >= 11 is 0. The van der Waals surface area contributed by atoms with Crippen LogP contribution in [0.15, 0.2) is 24.3 Å². The maximum absolute atomic E-state index is 12.9. The van der Waals surface area contributed by atoms with Crippen LogP contribution in [-0.2, 0) is 14.3 Å². The van der Waals surface area contributed by atoms with E-state index >= 15 is 0 Å². The largest absolute Gasteiger partial charge is 0.379 e. The minimum atomic E-state index is -0.334. The molecule has 2 N–H and O–H groups in total. The second-order valence-electron chi connectivity index (χ2n) is 7.32. The van der Waals surface area contributed by atoms with Gasteiger partial charge < -0.3 is 15.0 Å². The van der Waals surface area contributed by atoms with Gasteiger partial charge in [0.2, 0.25) is 11.8 Å². The molecule has 3 aliphatic rings. The van der Waals surface area contributed by atoms with Gasteiger partial charge in [-0.2, -0.15) is 0 Å². The van der Waals surface area contributed by atoms with E-state index in [9.17, 15) is 9.59 Å². The lowest BCUT2D eigenvalue weighted by Crippen LogP contribution is -2.63. The number of nitrogens with one attached hydrogen (secondary N) is 2. The third kappa shape index (κ3) is 3.47. The van der Waals surface area contributed by atoms with E-state index in [-0.39, 0.29) is 30.6 Å². The molecule has 3 aliphatic heterocycles. The number of benzene rings is 1. The molecule has 0 aliphatic carbocycles. The van der Waals surface area contributed by atoms with E-state index in [4.69, 9.17) is 4.74 Å². The number of anilines is 1. The van der Waals surface area contributed by atoms with Gasteiger partial charge in [0.15, 0.2) is 0 Å². The third-order valence-corrected chi connectivity index (χ3v) is 5.49. The van der Waals surface area contributed by atoms with Crippen molar-refractivity contribution in [3.05, 3.63) is 29.8 Å². The van der Waals surface area contributed by atoms with Gasteiger partial charge in [-0.3, -0.25) is 19.8 Å². The minimum Gasteiger partial charge on any atom is -0.379 e. The van der Waals surface area contributed by atoms with Gasteiger partial charge in [0.05, 0.1) is 38.4 Å². The number of hydrogen-bond donors (Lipinski definition) is 2. The molecule has 1 aromatic carbocycles. The van der Waals surface area contributed by atoms with Gasteiger partial charge >= 0.3 is 0 Å². The summed E-state index contributed by atoms with van der Waals surface area (Å²) in [6.45, 7) is 5.83. The average molecular weight is 358 g/mol. The smallest absolute Gasteiger partial charge is 0.230 e. The van der Waals surface area contributed by atoms with Crippen LogP contribution >= 0.6 is 0 Å². The number of hydrogen-bond acceptors (Lipinski definition) is 5. The molecule has 3 heterocycles. The quantitative estimate of drug-likeness (QED) is 0.829. The first-order valence-corrected chi connectivity index (χ1v) is 9.38. The first kappa shape index (κ1) is 17.5. The SMILES string of the molecule is C[C@@H]1CN(C(=O)CC2NC(=O)CC(N3CCOCC3)N2)c2ccccc21. The van der Waals surface area contributed by atoms with E-state index in [0.29, 0.717) is 32.1 Å². The van der Waals surface area contributed by atoms with E-state index in [1.54, 1.807) is 0 Å². The molecule has 2 amide bonds. The van der Waals surface area contributed by atoms with Crippen molar-refractivity contribution >= 4 is 17.5 Å². The molecule has 7 heteroatoms. The zero-order valence-electron chi connectivity index (χ0n) is 15.1. The summed E-state index contributed by atoms with van der Waals surface area (Å²) in [5.74, 6) is 0.376. The summed E-state index contributed by atoms with van der Waals surface area (Å²) in [6, 6.07) is 8.06. The summed E-state index contributed by atoms with van der Waals surface area (Å²) in [7, 11) is 0. The summed E-state index contributed by atoms with van der Waals surface area (Å²) in [5.41, 5.74) is 2.21. The lowest BCUT2D eigenvalue weighted by Gasteiger charge is -2.40. The van der Waals surface area contributed by atoms with Crippen molar-refractivity contribution in [2.75, 3.05) is 37.7 Å². The molecule has 0 radical (unpaired) electrons. The third-order valence-electron chi connectivity index (χ3n) is 5.49. The lowest BCUT2D eigenvalue weighted by atomic mass is 10.0. The molecule has 0 bridgehead atoms. The number of carbonyl (C=O) groups excluding carboxylic acids is 2. The molecule has 0 spiro atoms. The number of rotatable bonds is 3. The van der Waals surface area contributed by atoms with Crippen molar-refractivity contribution in [2.24, 2.45) is 0 Å². The van der Waals surface area contributed by atoms with Crippen LogP contribution in [0.5, 0.6) is 0 Å². The van der Waals surface area contributed by atoms with Crippen LogP contribution < -0.4 is 15.5 Å². The maximum Gasteiger partial charge on any atom is 0.230 e. The highest BCUT2D eigenvalue weighted by Crippen LogP contribution is 2.36. The highest BCUT2D eigenvalue weighted by molar-refractivity contribution is 5.96. The van der Waals surface area contributed by atoms with Crippen molar-refractivity contribution in [3.63, 3.8) is 0 Å². The fourth-order valence-electron chi connectivity index (χ4n) is 4.14. The second-order valence-corrected chi connectivity index (χ2v) is 7.32. The summed E-state index contributed by atoms with van der Waals surface area (Å²) in [6.07, 6.45) is 0.303. The molecule has 1 aromatic rings. The predicted octanol–water partition coefficient (Wildman–Crippen LogP) is 0.621. The molecular formula is C19H26N4O3. The topological polar surface area (TPSA) is 73.9 Å². The number of fused-ring (bicyclic) bond motifs is 1. The minimum absolute atomic E-state index is 0.00627. The standard InChI is InChI=1S/C19H26N4O3/c1-13-12-23(15-5-3-2-4-14(13)15)19(25)10-16-20-17(11-18(24)21-16)22-6-8-26-9-7-22/h2-5,13,16-17,20H,6-12H2,1H3,(H,21,24)/t13-,16?,17?/m1/s1. The first-order chi connectivity index (χ1) is 12.6. The van der Waals surface area contributed by atoms with Crippen LogP contribution in [-0.4, -0.2) is 61.9 Å². The zero-order valence-corrected chi connectivity index (χ0v) is 15.1. The molecule has 140 valence electrons. The number of para-hydroxylation sites is 1. The van der Waals surface area contributed by atoms with Crippen LogP contribution in [0.25, 0.3) is 0 Å². The lowest BCUT2D eigenvalue weighted by molar-refractivity contribution is -0.128. The maximum atomic E-state index is 12.9. The molecule has 0 aromatic heterocycles. The predicted molar refractivity (Wildman–Crippen MR) is 97.7 cm³/mol. The van der Waals surface area contributed by atoms with Crippen LogP contribution in [0, 0.1) is 0 Å². The van der Waals surface area contributed by atoms with E-state index in [1.807, 2.05) is 23.1 Å². The molecule has 2 unspecified atom stereocenters. The molecule has 0 saturated carbocycles. The Labute approximate surface area is 153 Å². The Morgan fingerprint density at radius 2 is 2.04 bits per heavy atom. The highest BCUT2D eigenvalue weighted by atomic mass is 16.5. The van der Waals surface area contributed by atoms with E-state index in [2.05, 4.69) is 28.5 Å². The van der Waals surface area contributed by atoms with E-state index in [0.717, 1.165) is 18.8 Å². The van der Waals surface area contributed by atoms with Crippen molar-refractivity contribution in [1.29, 1.82) is 0 Å². The van der Waals surface area contributed by atoms with Crippen LogP contribution in [0.4, 0.5) is 5.69 Å². The summed E-state index contributed by atoms with van der Waals surface area (Å²) < 4.78 is 5.39. The molecule has 3 atom stereocenters. The van der Waals surface area contributed by atoms with Gasteiger partial charge in [0.1, 0.15) is 0 Å². The zero-order chi connectivity index (χ0) is 18.1. The van der Waals surface area contributed by atoms with Gasteiger partial charge in [-0.1, -0.05) is 25.1 Å². The molecule has 26 heavy (non-hydrogen) atoms. The normalized spacial score (nSPS) is 29.3. The van der Waals surface area contributed by atoms with Crippen molar-refractivity contribution in [1.82, 2.24) is 15.5 Å². The van der Waals surface area contributed by atoms with Crippen LogP contribution in [0.2, 0.25) is 0 Å². The summed E-state index contributed by atoms with van der Waals surface area (Å²) in [5, 5.41) is 6.35. The first-order valence-electron chi connectivity index (χ1n) is 9.38. The van der Waals surface area contributed by atoms with Gasteiger partial charge in [-0.25, -0.2) is 0 Å². The van der Waals surface area contributed by atoms with Gasteiger partial charge in [-0.15, -0.1) is 0 Å². The Bertz CT molecular complexity index is 689. The van der Waals surface area contributed by atoms with Crippen LogP contribution in [0.3, 0.4) is 0 Å². The van der Waals surface area contributed by atoms with Gasteiger partial charge in [-0.05, 0) is 11.6 Å². The molecule has 2 fully saturated rings. The molecule has 2 saturated heterocycles. The fraction of sp³-hybridized carbons (Fsp3) is 0.579. The number of ether oxygens (including phenoxy) is 1. The molecular weight excluding hydrogens is 332 g/mol. The van der Waals surface area contributed by atoms with E-state index in [1.165, 1.54) is 5.56 Å². The molecule has 7 nitrogen and oxygen atoms in total. The Morgan fingerprint density at radius 3 is 2.85 bits per heavy atom. The summed E-state index contributed by atoms with van der Waals surface area (Å²) in [4.78, 5) is 29.1. The number of morpholine rings is 1. The van der Waals surface area contributed by atoms with Gasteiger partial charge in [0.25, 0.3) is 0 Å². The molecule has 4 rings (SSSR count). The Kier molecular flexibility index (Phi) is 4.93. The van der Waals surface area contributed by atoms with E-state index < -0.39 is 0 Å². The number of amides is 2. The van der Waals surface area contributed by atoms with Crippen LogP contribution in [0.1, 0.15) is 31.2 Å². The van der Waals surface area contributed by atoms with Crippen molar-refractivity contribution in [3.8, 4) is 0 Å². The number of nitrogens with zero attached hydrogens (tertiary/aromatic N) is 2. The van der Waals surface area contributed by atoms with Crippen molar-refractivity contribution < 1.29 is 14.3 Å². The Hall–Kier alpha value is -1.96. The monoisotopic (exact) mass is 358 g/mol. The van der Waals surface area contributed by atoms with Crippen molar-refractivity contribution in [2.45, 2.75) is 38.0 Å².